The summed E-state index contributed by atoms with van der Waals surface area (Å²) >= 11 is 0. The summed E-state index contributed by atoms with van der Waals surface area (Å²) in [5, 5.41) is 9.28. The third-order valence-corrected chi connectivity index (χ3v) is 4.71. The average molecular weight is 398 g/mol. The topological polar surface area (TPSA) is 79.0 Å². The van der Waals surface area contributed by atoms with E-state index in [2.05, 4.69) is 33.7 Å². The van der Waals surface area contributed by atoms with E-state index in [1.165, 1.54) is 0 Å². The van der Waals surface area contributed by atoms with Crippen molar-refractivity contribution in [3.63, 3.8) is 0 Å². The molecule has 150 valence electrons. The number of nitrogens with one attached hydrogen (secondary N) is 3. The lowest BCUT2D eigenvalue weighted by Gasteiger charge is -2.11. The highest BCUT2D eigenvalue weighted by Gasteiger charge is 2.14. The number of aromatic nitrogens is 2. The summed E-state index contributed by atoms with van der Waals surface area (Å²) in [5.41, 5.74) is 8.81. The van der Waals surface area contributed by atoms with Gasteiger partial charge in [-0.15, -0.1) is 0 Å². The van der Waals surface area contributed by atoms with Crippen LogP contribution in [0.25, 0.3) is 27.7 Å². The number of carbonyl (C=O) groups is 1. The van der Waals surface area contributed by atoms with Crippen LogP contribution in [0.1, 0.15) is 23.0 Å². The number of hydrogen-bond donors (Lipinski definition) is 3. The molecule has 1 amide bonds. The summed E-state index contributed by atoms with van der Waals surface area (Å²) in [6.07, 6.45) is 0. The Morgan fingerprint density at radius 2 is 1.77 bits per heavy atom. The first kappa shape index (κ1) is 19.3. The van der Waals surface area contributed by atoms with Crippen LogP contribution in [-0.4, -0.2) is 22.7 Å². The van der Waals surface area contributed by atoms with Crippen LogP contribution in [0.4, 0.5) is 0 Å². The van der Waals surface area contributed by atoms with Crippen molar-refractivity contribution >= 4 is 22.4 Å². The summed E-state index contributed by atoms with van der Waals surface area (Å²) in [6.45, 7) is 6.49. The highest BCUT2D eigenvalue weighted by atomic mass is 16.5. The zero-order chi connectivity index (χ0) is 20.9. The summed E-state index contributed by atoms with van der Waals surface area (Å²) in [6, 6.07) is 23.4. The van der Waals surface area contributed by atoms with E-state index in [9.17, 15) is 4.79 Å². The monoisotopic (exact) mass is 398 g/mol. The van der Waals surface area contributed by atoms with E-state index in [1.54, 1.807) is 6.07 Å². The fourth-order valence-electron chi connectivity index (χ4n) is 3.18. The number of rotatable bonds is 7. The van der Waals surface area contributed by atoms with Crippen molar-refractivity contribution in [1.29, 1.82) is 0 Å². The van der Waals surface area contributed by atoms with Crippen molar-refractivity contribution in [1.82, 2.24) is 21.0 Å². The third kappa shape index (κ3) is 4.03. The van der Waals surface area contributed by atoms with E-state index < -0.39 is 0 Å². The summed E-state index contributed by atoms with van der Waals surface area (Å²) < 4.78 is 5.64. The predicted molar refractivity (Wildman–Crippen MR) is 119 cm³/mol. The smallest absolute Gasteiger partial charge is 0.287 e. The molecule has 6 nitrogen and oxygen atoms in total. The summed E-state index contributed by atoms with van der Waals surface area (Å²) in [5.74, 6) is 0.380. The van der Waals surface area contributed by atoms with Gasteiger partial charge in [0.1, 0.15) is 11.4 Å². The van der Waals surface area contributed by atoms with Gasteiger partial charge in [0, 0.05) is 5.56 Å². The molecule has 0 aliphatic rings. The lowest BCUT2D eigenvalue weighted by atomic mass is 10.1. The van der Waals surface area contributed by atoms with E-state index >= 15 is 0 Å². The van der Waals surface area contributed by atoms with Crippen LogP contribution >= 0.6 is 0 Å². The highest BCUT2D eigenvalue weighted by Crippen LogP contribution is 2.28. The standard InChI is InChI=1S/C24H22N4O2/c1-3-30-23-11-7-6-10-20(23)21-15-22(27-26-21)24(29)28-25-16(2)18-13-12-17-8-4-5-9-19(17)14-18/h4-15,25H,2-3H2,1H3,(H,26,27)(H,28,29). The van der Waals surface area contributed by atoms with Gasteiger partial charge >= 0.3 is 0 Å². The molecule has 4 rings (SSSR count). The molecule has 0 bridgehead atoms. The molecule has 0 radical (unpaired) electrons. The summed E-state index contributed by atoms with van der Waals surface area (Å²) in [7, 11) is 0. The molecule has 0 saturated heterocycles. The molecule has 4 aromatic rings. The molecule has 6 heteroatoms. The Morgan fingerprint density at radius 3 is 2.60 bits per heavy atom. The first-order chi connectivity index (χ1) is 14.7. The Morgan fingerprint density at radius 1 is 1.00 bits per heavy atom. The Bertz CT molecular complexity index is 1210. The number of nitrogens with zero attached hydrogens (tertiary/aromatic N) is 1. The van der Waals surface area contributed by atoms with Gasteiger partial charge in [0.05, 0.1) is 18.0 Å². The molecule has 0 aliphatic carbocycles. The fourth-order valence-corrected chi connectivity index (χ4v) is 3.18. The second kappa shape index (κ2) is 8.53. The van der Waals surface area contributed by atoms with E-state index in [0.29, 0.717) is 23.7 Å². The number of benzene rings is 3. The Labute approximate surface area is 174 Å². The Balaban J connectivity index is 1.44. The normalized spacial score (nSPS) is 10.6. The molecule has 0 atom stereocenters. The maximum Gasteiger partial charge on any atom is 0.287 e. The van der Waals surface area contributed by atoms with E-state index in [-0.39, 0.29) is 5.91 Å². The van der Waals surface area contributed by atoms with E-state index in [4.69, 9.17) is 4.74 Å². The van der Waals surface area contributed by atoms with E-state index in [0.717, 1.165) is 27.6 Å². The number of fused-ring (bicyclic) bond motifs is 1. The zero-order valence-electron chi connectivity index (χ0n) is 16.6. The van der Waals surface area contributed by atoms with Crippen molar-refractivity contribution in [2.24, 2.45) is 0 Å². The molecule has 1 heterocycles. The Hall–Kier alpha value is -4.06. The number of H-pyrrole nitrogens is 1. The zero-order valence-corrected chi connectivity index (χ0v) is 16.6. The molecule has 0 unspecified atom stereocenters. The van der Waals surface area contributed by atoms with Crippen LogP contribution in [0.3, 0.4) is 0 Å². The van der Waals surface area contributed by atoms with Crippen molar-refractivity contribution in [3.05, 3.63) is 90.6 Å². The Kier molecular flexibility index (Phi) is 5.48. The molecule has 1 aromatic heterocycles. The number of hydrogen-bond acceptors (Lipinski definition) is 4. The van der Waals surface area contributed by atoms with Crippen LogP contribution in [0, 0.1) is 0 Å². The molecule has 0 aliphatic heterocycles. The first-order valence-corrected chi connectivity index (χ1v) is 9.67. The highest BCUT2D eigenvalue weighted by molar-refractivity contribution is 5.94. The van der Waals surface area contributed by atoms with Gasteiger partial charge in [0.15, 0.2) is 0 Å². The van der Waals surface area contributed by atoms with Crippen LogP contribution in [0.5, 0.6) is 5.75 Å². The van der Waals surface area contributed by atoms with Crippen molar-refractivity contribution in [2.45, 2.75) is 6.92 Å². The van der Waals surface area contributed by atoms with Gasteiger partial charge in [-0.2, -0.15) is 5.10 Å². The molecule has 0 spiro atoms. The fraction of sp³-hybridized carbons (Fsp3) is 0.0833. The molecule has 0 fully saturated rings. The van der Waals surface area contributed by atoms with Gasteiger partial charge in [-0.25, -0.2) is 0 Å². The van der Waals surface area contributed by atoms with Gasteiger partial charge in [-0.3, -0.25) is 20.7 Å². The molecule has 0 saturated carbocycles. The number of hydrazine groups is 1. The second-order valence-electron chi connectivity index (χ2n) is 6.72. The average Bonchev–Trinajstić information content (AvgIpc) is 3.28. The molecule has 30 heavy (non-hydrogen) atoms. The van der Waals surface area contributed by atoms with Crippen LogP contribution in [-0.2, 0) is 0 Å². The summed E-state index contributed by atoms with van der Waals surface area (Å²) in [4.78, 5) is 12.5. The molecular formula is C24H22N4O2. The quantitative estimate of drug-likeness (QED) is 0.400. The first-order valence-electron chi connectivity index (χ1n) is 9.67. The minimum Gasteiger partial charge on any atom is -0.493 e. The molecule has 3 N–H and O–H groups in total. The maximum absolute atomic E-state index is 12.5. The van der Waals surface area contributed by atoms with Crippen molar-refractivity contribution in [2.75, 3.05) is 6.61 Å². The van der Waals surface area contributed by atoms with E-state index in [1.807, 2.05) is 67.6 Å². The second-order valence-corrected chi connectivity index (χ2v) is 6.72. The van der Waals surface area contributed by atoms with Crippen LogP contribution < -0.4 is 15.6 Å². The lowest BCUT2D eigenvalue weighted by Crippen LogP contribution is -2.36. The van der Waals surface area contributed by atoms with Gasteiger partial charge < -0.3 is 4.74 Å². The van der Waals surface area contributed by atoms with Gasteiger partial charge in [-0.1, -0.05) is 55.1 Å². The van der Waals surface area contributed by atoms with Crippen LogP contribution in [0.15, 0.2) is 79.4 Å². The third-order valence-electron chi connectivity index (χ3n) is 4.71. The van der Waals surface area contributed by atoms with Gasteiger partial charge in [0.2, 0.25) is 0 Å². The van der Waals surface area contributed by atoms with Crippen LogP contribution in [0.2, 0.25) is 0 Å². The largest absolute Gasteiger partial charge is 0.493 e. The molecule has 3 aromatic carbocycles. The minimum atomic E-state index is -0.343. The maximum atomic E-state index is 12.5. The molecular weight excluding hydrogens is 376 g/mol. The lowest BCUT2D eigenvalue weighted by molar-refractivity contribution is 0.0937. The van der Waals surface area contributed by atoms with Crippen molar-refractivity contribution in [3.8, 4) is 17.0 Å². The minimum absolute atomic E-state index is 0.329. The van der Waals surface area contributed by atoms with Crippen molar-refractivity contribution < 1.29 is 9.53 Å². The SMILES string of the molecule is C=C(NNC(=O)c1cc(-c2ccccc2OCC)n[nH]1)c1ccc2ccccc2c1. The number of aromatic amines is 1. The van der Waals surface area contributed by atoms with Gasteiger partial charge in [-0.05, 0) is 47.5 Å². The number of amides is 1. The predicted octanol–water partition coefficient (Wildman–Crippen LogP) is 4.53. The number of ether oxygens (including phenoxy) is 1. The number of para-hydroxylation sites is 1. The number of carbonyl (C=O) groups excluding carboxylic acids is 1. The van der Waals surface area contributed by atoms with Gasteiger partial charge in [0.25, 0.3) is 5.91 Å².